The van der Waals surface area contributed by atoms with Crippen molar-refractivity contribution in [3.8, 4) is 0 Å². The molecule has 1 amide bonds. The monoisotopic (exact) mass is 286 g/mol. The molecule has 0 aromatic carbocycles. The number of hydrogen-bond acceptors (Lipinski definition) is 4. The van der Waals surface area contributed by atoms with Crippen LogP contribution >= 0.6 is 0 Å². The number of primary sulfonamides is 1. The molecule has 0 aliphatic heterocycles. The van der Waals surface area contributed by atoms with E-state index in [-0.39, 0.29) is 22.5 Å². The molecular formula is C12H18N2O4S. The van der Waals surface area contributed by atoms with Crippen LogP contribution in [0.25, 0.3) is 0 Å². The molecule has 1 aromatic rings. The van der Waals surface area contributed by atoms with Gasteiger partial charge in [0.1, 0.15) is 10.7 Å². The molecule has 0 radical (unpaired) electrons. The molecule has 106 valence electrons. The summed E-state index contributed by atoms with van der Waals surface area (Å²) in [5.74, 6) is 0.328. The summed E-state index contributed by atoms with van der Waals surface area (Å²) in [7, 11) is -3.86. The highest BCUT2D eigenvalue weighted by Crippen LogP contribution is 2.25. The maximum atomic E-state index is 12.0. The lowest BCUT2D eigenvalue weighted by atomic mass is 10.1. The third-order valence-electron chi connectivity index (χ3n) is 3.43. The van der Waals surface area contributed by atoms with E-state index in [0.717, 1.165) is 19.3 Å². The minimum Gasteiger partial charge on any atom is -0.455 e. The second-order valence-corrected chi connectivity index (χ2v) is 6.69. The van der Waals surface area contributed by atoms with Crippen molar-refractivity contribution < 1.29 is 17.6 Å². The lowest BCUT2D eigenvalue weighted by Crippen LogP contribution is -2.32. The van der Waals surface area contributed by atoms with Crippen LogP contribution in [0.4, 0.5) is 0 Å². The zero-order valence-corrected chi connectivity index (χ0v) is 11.8. The highest BCUT2D eigenvalue weighted by Gasteiger charge is 2.26. The maximum Gasteiger partial charge on any atom is 0.287 e. The fourth-order valence-electron chi connectivity index (χ4n) is 2.45. The first kappa shape index (κ1) is 14.1. The van der Waals surface area contributed by atoms with E-state index in [1.165, 1.54) is 13.0 Å². The number of hydrogen-bond donors (Lipinski definition) is 2. The molecule has 1 saturated carbocycles. The molecule has 1 aliphatic carbocycles. The predicted molar refractivity (Wildman–Crippen MR) is 69.1 cm³/mol. The number of nitrogens with one attached hydrogen (secondary N) is 1. The second-order valence-electron chi connectivity index (χ2n) is 5.16. The lowest BCUT2D eigenvalue weighted by molar-refractivity contribution is 0.0908. The van der Waals surface area contributed by atoms with Gasteiger partial charge in [-0.15, -0.1) is 0 Å². The van der Waals surface area contributed by atoms with Crippen LogP contribution < -0.4 is 10.5 Å². The van der Waals surface area contributed by atoms with E-state index in [2.05, 4.69) is 12.2 Å². The minimum atomic E-state index is -3.86. The molecule has 3 N–H and O–H groups in total. The first-order chi connectivity index (χ1) is 8.77. The Hall–Kier alpha value is -1.34. The summed E-state index contributed by atoms with van der Waals surface area (Å²) in [6.07, 6.45) is 2.96. The average Bonchev–Trinajstić information content (AvgIpc) is 2.84. The van der Waals surface area contributed by atoms with Crippen molar-refractivity contribution in [3.05, 3.63) is 17.6 Å². The number of carbonyl (C=O) groups excluding carboxylic acids is 1. The zero-order chi connectivity index (χ0) is 14.2. The van der Waals surface area contributed by atoms with Crippen molar-refractivity contribution in [3.63, 3.8) is 0 Å². The summed E-state index contributed by atoms with van der Waals surface area (Å²) in [4.78, 5) is 11.8. The summed E-state index contributed by atoms with van der Waals surface area (Å²) in [6, 6.07) is 1.31. The van der Waals surface area contributed by atoms with Crippen LogP contribution in [0.3, 0.4) is 0 Å². The highest BCUT2D eigenvalue weighted by atomic mass is 32.2. The Kier molecular flexibility index (Phi) is 3.69. The standard InChI is InChI=1S/C12H18N2O4S/c1-7-3-4-9(5-7)14-12(15)10-6-11(8(2)18-10)19(13,16)17/h6-7,9H,3-5H2,1-2H3,(H,14,15)(H2,13,16,17). The number of carbonyl (C=O) groups is 1. The molecule has 2 unspecified atom stereocenters. The first-order valence-corrected chi connectivity index (χ1v) is 7.76. The molecule has 1 aliphatic rings. The van der Waals surface area contributed by atoms with E-state index in [1.807, 2.05) is 0 Å². The fraction of sp³-hybridized carbons (Fsp3) is 0.583. The second kappa shape index (κ2) is 4.97. The smallest absolute Gasteiger partial charge is 0.287 e. The summed E-state index contributed by atoms with van der Waals surface area (Å²) in [5.41, 5.74) is 0. The van der Waals surface area contributed by atoms with E-state index in [4.69, 9.17) is 9.56 Å². The molecule has 0 spiro atoms. The van der Waals surface area contributed by atoms with Crippen molar-refractivity contribution >= 4 is 15.9 Å². The van der Waals surface area contributed by atoms with Crippen molar-refractivity contribution in [1.29, 1.82) is 0 Å². The topological polar surface area (TPSA) is 102 Å². The SMILES string of the molecule is Cc1oc(C(=O)NC2CCC(C)C2)cc1S(N)(=O)=O. The maximum absolute atomic E-state index is 12.0. The number of furan rings is 1. The van der Waals surface area contributed by atoms with Crippen LogP contribution in [0.15, 0.2) is 15.4 Å². The molecule has 19 heavy (non-hydrogen) atoms. The van der Waals surface area contributed by atoms with Crippen molar-refractivity contribution in [1.82, 2.24) is 5.32 Å². The molecule has 2 rings (SSSR count). The zero-order valence-electron chi connectivity index (χ0n) is 11.0. The van der Waals surface area contributed by atoms with E-state index < -0.39 is 15.9 Å². The normalized spacial score (nSPS) is 23.5. The number of aryl methyl sites for hydroxylation is 1. The van der Waals surface area contributed by atoms with Crippen LogP contribution in [-0.2, 0) is 10.0 Å². The third kappa shape index (κ3) is 3.16. The summed E-state index contributed by atoms with van der Waals surface area (Å²) in [5, 5.41) is 7.88. The number of rotatable bonds is 3. The summed E-state index contributed by atoms with van der Waals surface area (Å²) < 4.78 is 27.7. The molecule has 1 fully saturated rings. The van der Waals surface area contributed by atoms with Crippen molar-refractivity contribution in [2.24, 2.45) is 11.1 Å². The van der Waals surface area contributed by atoms with Gasteiger partial charge in [0.15, 0.2) is 5.76 Å². The largest absolute Gasteiger partial charge is 0.455 e. The van der Waals surface area contributed by atoms with E-state index in [1.54, 1.807) is 0 Å². The van der Waals surface area contributed by atoms with E-state index in [0.29, 0.717) is 5.92 Å². The quantitative estimate of drug-likeness (QED) is 0.870. The van der Waals surface area contributed by atoms with Gasteiger partial charge >= 0.3 is 0 Å². The van der Waals surface area contributed by atoms with Gasteiger partial charge in [-0.05, 0) is 32.1 Å². The summed E-state index contributed by atoms with van der Waals surface area (Å²) >= 11 is 0. The molecule has 1 aromatic heterocycles. The van der Waals surface area contributed by atoms with E-state index in [9.17, 15) is 13.2 Å². The Morgan fingerprint density at radius 3 is 2.63 bits per heavy atom. The van der Waals surface area contributed by atoms with Crippen molar-refractivity contribution in [2.75, 3.05) is 0 Å². The van der Waals surface area contributed by atoms with Crippen LogP contribution in [0.5, 0.6) is 0 Å². The fourth-order valence-corrected chi connectivity index (χ4v) is 3.17. The predicted octanol–water partition coefficient (Wildman–Crippen LogP) is 1.15. The number of nitrogens with two attached hydrogens (primary N) is 1. The molecular weight excluding hydrogens is 268 g/mol. The van der Waals surface area contributed by atoms with Gasteiger partial charge in [0.05, 0.1) is 0 Å². The first-order valence-electron chi connectivity index (χ1n) is 6.21. The molecule has 0 bridgehead atoms. The Bertz CT molecular complexity index is 591. The minimum absolute atomic E-state index is 0.0129. The molecule has 6 nitrogen and oxygen atoms in total. The van der Waals surface area contributed by atoms with Gasteiger partial charge in [-0.1, -0.05) is 6.92 Å². The van der Waals surface area contributed by atoms with Crippen molar-refractivity contribution in [2.45, 2.75) is 44.0 Å². The Balaban J connectivity index is 2.12. The summed E-state index contributed by atoms with van der Waals surface area (Å²) in [6.45, 7) is 3.61. The van der Waals surface area contributed by atoms with Crippen LogP contribution in [0, 0.1) is 12.8 Å². The Morgan fingerprint density at radius 1 is 1.47 bits per heavy atom. The van der Waals surface area contributed by atoms with Gasteiger partial charge in [0.2, 0.25) is 10.0 Å². The van der Waals surface area contributed by atoms with Gasteiger partial charge in [-0.3, -0.25) is 4.79 Å². The van der Waals surface area contributed by atoms with Crippen LogP contribution in [-0.4, -0.2) is 20.4 Å². The van der Waals surface area contributed by atoms with Gasteiger partial charge in [-0.2, -0.15) is 0 Å². The molecule has 0 saturated heterocycles. The third-order valence-corrected chi connectivity index (χ3v) is 4.45. The number of sulfonamides is 1. The van der Waals surface area contributed by atoms with Gasteiger partial charge < -0.3 is 9.73 Å². The van der Waals surface area contributed by atoms with Gasteiger partial charge in [-0.25, -0.2) is 13.6 Å². The highest BCUT2D eigenvalue weighted by molar-refractivity contribution is 7.89. The number of amides is 1. The Labute approximate surface area is 112 Å². The Morgan fingerprint density at radius 2 is 2.16 bits per heavy atom. The lowest BCUT2D eigenvalue weighted by Gasteiger charge is -2.10. The molecule has 1 heterocycles. The van der Waals surface area contributed by atoms with Gasteiger partial charge in [0.25, 0.3) is 5.91 Å². The molecule has 2 atom stereocenters. The van der Waals surface area contributed by atoms with Gasteiger partial charge in [0, 0.05) is 12.1 Å². The van der Waals surface area contributed by atoms with Crippen LogP contribution in [0.1, 0.15) is 42.5 Å². The van der Waals surface area contributed by atoms with Crippen LogP contribution in [0.2, 0.25) is 0 Å². The van der Waals surface area contributed by atoms with E-state index >= 15 is 0 Å². The molecule has 7 heteroatoms. The average molecular weight is 286 g/mol.